The van der Waals surface area contributed by atoms with E-state index in [1.54, 1.807) is 28.8 Å². The Kier molecular flexibility index (Phi) is 7.64. The quantitative estimate of drug-likeness (QED) is 0.432. The Morgan fingerprint density at radius 2 is 1.85 bits per heavy atom. The van der Waals surface area contributed by atoms with Crippen LogP contribution in [0.3, 0.4) is 0 Å². The molecular formula is C25H29F3N4O2. The van der Waals surface area contributed by atoms with Crippen molar-refractivity contribution < 1.29 is 22.7 Å². The Hall–Kier alpha value is -3.36. The van der Waals surface area contributed by atoms with Crippen molar-refractivity contribution in [1.82, 2.24) is 19.7 Å². The van der Waals surface area contributed by atoms with Gasteiger partial charge in [0.1, 0.15) is 6.10 Å². The summed E-state index contributed by atoms with van der Waals surface area (Å²) in [6, 6.07) is 9.22. The molecule has 1 aromatic carbocycles. The van der Waals surface area contributed by atoms with Gasteiger partial charge in [-0.25, -0.2) is 4.98 Å². The zero-order valence-corrected chi connectivity index (χ0v) is 19.9. The maximum Gasteiger partial charge on any atom is 0.417 e. The molecule has 3 aromatic rings. The number of aromatic nitrogens is 3. The molecular weight excluding hydrogens is 445 g/mol. The minimum atomic E-state index is -4.46. The molecule has 0 fully saturated rings. The fourth-order valence-corrected chi connectivity index (χ4v) is 4.19. The molecule has 0 bridgehead atoms. The zero-order chi connectivity index (χ0) is 25.0. The number of aryl methyl sites for hydroxylation is 2. The minimum Gasteiger partial charge on any atom is -0.472 e. The van der Waals surface area contributed by atoms with Gasteiger partial charge in [0.15, 0.2) is 0 Å². The fourth-order valence-electron chi connectivity index (χ4n) is 4.19. The Balaban J connectivity index is 1.87. The number of hydrogen-bond donors (Lipinski definition) is 0. The number of alkyl halides is 3. The second kappa shape index (κ2) is 10.3. The third-order valence-corrected chi connectivity index (χ3v) is 5.87. The van der Waals surface area contributed by atoms with Gasteiger partial charge < -0.3 is 9.64 Å². The molecule has 2 unspecified atom stereocenters. The molecule has 34 heavy (non-hydrogen) atoms. The van der Waals surface area contributed by atoms with Crippen LogP contribution < -0.4 is 4.74 Å². The van der Waals surface area contributed by atoms with Gasteiger partial charge in [-0.2, -0.15) is 18.3 Å². The molecule has 2 aromatic heterocycles. The highest BCUT2D eigenvalue weighted by Crippen LogP contribution is 2.30. The number of carbonyl (C=O) groups is 1. The highest BCUT2D eigenvalue weighted by molar-refractivity contribution is 6.01. The van der Waals surface area contributed by atoms with E-state index in [4.69, 9.17) is 4.74 Å². The Labute approximate surface area is 197 Å². The van der Waals surface area contributed by atoms with E-state index in [2.05, 4.69) is 10.1 Å². The normalized spacial score (nSPS) is 13.4. The monoisotopic (exact) mass is 474 g/mol. The van der Waals surface area contributed by atoms with E-state index < -0.39 is 17.8 Å². The lowest BCUT2D eigenvalue weighted by atomic mass is 9.99. The van der Waals surface area contributed by atoms with Crippen LogP contribution in [0.4, 0.5) is 13.2 Å². The van der Waals surface area contributed by atoms with Crippen LogP contribution in [0, 0.1) is 6.92 Å². The van der Waals surface area contributed by atoms with E-state index in [9.17, 15) is 18.0 Å². The number of rotatable bonds is 8. The highest BCUT2D eigenvalue weighted by Gasteiger charge is 2.32. The fraction of sp³-hybridized carbons (Fsp3) is 0.400. The lowest BCUT2D eigenvalue weighted by Crippen LogP contribution is -2.47. The molecule has 182 valence electrons. The number of halogens is 3. The average molecular weight is 475 g/mol. The summed E-state index contributed by atoms with van der Waals surface area (Å²) in [6.07, 6.45) is -1.86. The molecule has 3 rings (SSSR count). The van der Waals surface area contributed by atoms with E-state index in [1.165, 1.54) is 6.07 Å². The highest BCUT2D eigenvalue weighted by atomic mass is 19.4. The van der Waals surface area contributed by atoms with Crippen molar-refractivity contribution in [3.8, 4) is 17.1 Å². The minimum absolute atomic E-state index is 0.0772. The van der Waals surface area contributed by atoms with Crippen LogP contribution in [-0.4, -0.2) is 44.3 Å². The third kappa shape index (κ3) is 5.24. The van der Waals surface area contributed by atoms with E-state index in [0.717, 1.165) is 29.1 Å². The molecule has 0 aliphatic heterocycles. The summed E-state index contributed by atoms with van der Waals surface area (Å²) in [6.45, 7) is 8.01. The first-order chi connectivity index (χ1) is 16.1. The molecule has 1 amide bonds. The maximum atomic E-state index is 13.7. The van der Waals surface area contributed by atoms with E-state index in [-0.39, 0.29) is 17.8 Å². The standard InChI is InChI=1S/C25H29F3N4O2/c1-6-21(17(4)34-22-13-12-18(15-29-22)25(26,27)28)32(7-2)24(33)20-11-9-8-10-19(20)23-16(3)14-30-31(23)5/h8-15,17,21H,6-7H2,1-5H3. The summed E-state index contributed by atoms with van der Waals surface area (Å²) in [4.78, 5) is 19.3. The molecule has 0 radical (unpaired) electrons. The van der Waals surface area contributed by atoms with Crippen molar-refractivity contribution in [2.45, 2.75) is 52.4 Å². The van der Waals surface area contributed by atoms with Crippen LogP contribution in [0.5, 0.6) is 5.88 Å². The number of ether oxygens (including phenoxy) is 1. The van der Waals surface area contributed by atoms with Crippen LogP contribution in [0.1, 0.15) is 48.7 Å². The second-order valence-corrected chi connectivity index (χ2v) is 8.12. The number of amides is 1. The molecule has 0 N–H and O–H groups in total. The van der Waals surface area contributed by atoms with Crippen LogP contribution in [0.15, 0.2) is 48.8 Å². The van der Waals surface area contributed by atoms with Gasteiger partial charge >= 0.3 is 6.18 Å². The molecule has 0 aliphatic rings. The summed E-state index contributed by atoms with van der Waals surface area (Å²) >= 11 is 0. The molecule has 0 saturated heterocycles. The van der Waals surface area contributed by atoms with Crippen molar-refractivity contribution in [3.63, 3.8) is 0 Å². The van der Waals surface area contributed by atoms with Crippen LogP contribution in [0.25, 0.3) is 11.3 Å². The van der Waals surface area contributed by atoms with Crippen molar-refractivity contribution in [2.24, 2.45) is 7.05 Å². The molecule has 0 spiro atoms. The molecule has 6 nitrogen and oxygen atoms in total. The lowest BCUT2D eigenvalue weighted by molar-refractivity contribution is -0.137. The van der Waals surface area contributed by atoms with Gasteiger partial charge in [0, 0.05) is 37.0 Å². The van der Waals surface area contributed by atoms with Crippen molar-refractivity contribution in [1.29, 1.82) is 0 Å². The predicted molar refractivity (Wildman–Crippen MR) is 123 cm³/mol. The molecule has 0 saturated carbocycles. The summed E-state index contributed by atoms with van der Waals surface area (Å²) in [5.41, 5.74) is 2.33. The molecule has 2 heterocycles. The number of benzene rings is 1. The second-order valence-electron chi connectivity index (χ2n) is 8.12. The predicted octanol–water partition coefficient (Wildman–Crippen LogP) is 5.52. The van der Waals surface area contributed by atoms with Crippen molar-refractivity contribution in [2.75, 3.05) is 6.54 Å². The first kappa shape index (κ1) is 25.3. The maximum absolute atomic E-state index is 13.7. The van der Waals surface area contributed by atoms with Gasteiger partial charge in [-0.05, 0) is 44.9 Å². The van der Waals surface area contributed by atoms with E-state index >= 15 is 0 Å². The Morgan fingerprint density at radius 3 is 2.38 bits per heavy atom. The topological polar surface area (TPSA) is 60.2 Å². The summed E-state index contributed by atoms with van der Waals surface area (Å²) in [7, 11) is 1.84. The van der Waals surface area contributed by atoms with Gasteiger partial charge in [0.2, 0.25) is 5.88 Å². The van der Waals surface area contributed by atoms with E-state index in [1.807, 2.05) is 46.0 Å². The smallest absolute Gasteiger partial charge is 0.417 e. The van der Waals surface area contributed by atoms with Gasteiger partial charge in [0.25, 0.3) is 5.91 Å². The SMILES string of the molecule is CCC(C(C)Oc1ccc(C(F)(F)F)cn1)N(CC)C(=O)c1ccccc1-c1c(C)cnn1C. The number of hydrogen-bond acceptors (Lipinski definition) is 4. The summed E-state index contributed by atoms with van der Waals surface area (Å²) in [5, 5.41) is 4.30. The summed E-state index contributed by atoms with van der Waals surface area (Å²) < 4.78 is 46.1. The lowest BCUT2D eigenvalue weighted by Gasteiger charge is -2.34. The molecule has 0 aliphatic carbocycles. The summed E-state index contributed by atoms with van der Waals surface area (Å²) in [5.74, 6) is -0.0743. The van der Waals surface area contributed by atoms with Crippen LogP contribution >= 0.6 is 0 Å². The van der Waals surface area contributed by atoms with Gasteiger partial charge in [-0.3, -0.25) is 9.48 Å². The number of likely N-dealkylation sites (N-methyl/N-ethyl adjacent to an activating group) is 1. The number of nitrogens with zero attached hydrogens (tertiary/aromatic N) is 4. The average Bonchev–Trinajstić information content (AvgIpc) is 3.14. The van der Waals surface area contributed by atoms with Gasteiger partial charge in [-0.1, -0.05) is 25.1 Å². The van der Waals surface area contributed by atoms with Gasteiger partial charge in [-0.15, -0.1) is 0 Å². The van der Waals surface area contributed by atoms with Crippen molar-refractivity contribution >= 4 is 5.91 Å². The molecule has 9 heteroatoms. The van der Waals surface area contributed by atoms with Crippen molar-refractivity contribution in [3.05, 3.63) is 65.5 Å². The third-order valence-electron chi connectivity index (χ3n) is 5.87. The Morgan fingerprint density at radius 1 is 1.15 bits per heavy atom. The number of pyridine rings is 1. The van der Waals surface area contributed by atoms with Crippen LogP contribution in [0.2, 0.25) is 0 Å². The Bertz CT molecular complexity index is 1110. The van der Waals surface area contributed by atoms with Gasteiger partial charge in [0.05, 0.1) is 23.5 Å². The van der Waals surface area contributed by atoms with Crippen LogP contribution in [-0.2, 0) is 13.2 Å². The molecule has 2 atom stereocenters. The first-order valence-electron chi connectivity index (χ1n) is 11.2. The largest absolute Gasteiger partial charge is 0.472 e. The van der Waals surface area contributed by atoms with E-state index in [0.29, 0.717) is 18.5 Å². The number of carbonyl (C=O) groups excluding carboxylic acids is 1. The zero-order valence-electron chi connectivity index (χ0n) is 19.9. The first-order valence-corrected chi connectivity index (χ1v) is 11.2.